The molecule has 3 aromatic rings. The fourth-order valence-corrected chi connectivity index (χ4v) is 6.56. The minimum absolute atomic E-state index is 0.178. The van der Waals surface area contributed by atoms with Crippen LogP contribution in [0.4, 0.5) is 10.1 Å². The molecule has 3 saturated carbocycles. The summed E-state index contributed by atoms with van der Waals surface area (Å²) in [4.78, 5) is 6.46. The number of benzene rings is 2. The first-order valence-electron chi connectivity index (χ1n) is 12.6. The minimum Gasteiger partial charge on any atom is -0.496 e. The van der Waals surface area contributed by atoms with Gasteiger partial charge in [-0.05, 0) is 110 Å². The number of fused-ring (bicyclic) bond motifs is 3. The van der Waals surface area contributed by atoms with Gasteiger partial charge < -0.3 is 9.64 Å². The molecule has 1 heterocycles. The first kappa shape index (κ1) is 24.1. The van der Waals surface area contributed by atoms with Crippen molar-refractivity contribution >= 4 is 17.3 Å². The summed E-state index contributed by atoms with van der Waals surface area (Å²) in [6.45, 7) is 5.69. The molecule has 2 aromatic carbocycles. The van der Waals surface area contributed by atoms with Crippen LogP contribution in [0.15, 0.2) is 54.9 Å². The Morgan fingerprint density at radius 2 is 1.74 bits per heavy atom. The zero-order chi connectivity index (χ0) is 24.6. The van der Waals surface area contributed by atoms with Crippen molar-refractivity contribution in [3.63, 3.8) is 0 Å². The number of aryl methyl sites for hydroxylation is 2. The first-order chi connectivity index (χ1) is 16.8. The van der Waals surface area contributed by atoms with E-state index in [9.17, 15) is 0 Å². The highest BCUT2D eigenvalue weighted by Gasteiger charge is 2.50. The number of aromatic nitrogens is 1. The predicted octanol–water partition coefficient (Wildman–Crippen LogP) is 7.80. The van der Waals surface area contributed by atoms with Crippen molar-refractivity contribution in [1.82, 2.24) is 4.98 Å². The summed E-state index contributed by atoms with van der Waals surface area (Å²) in [6.07, 6.45) is 10.7. The van der Waals surface area contributed by atoms with Crippen LogP contribution in [0.2, 0.25) is 5.02 Å². The molecule has 3 nitrogen and oxygen atoms in total. The van der Waals surface area contributed by atoms with Crippen LogP contribution in [0.3, 0.4) is 0 Å². The third-order valence-electron chi connectivity index (χ3n) is 8.70. The molecule has 3 aliphatic carbocycles. The molecule has 0 spiro atoms. The summed E-state index contributed by atoms with van der Waals surface area (Å²) in [5, 5.41) is 0.178. The van der Waals surface area contributed by atoms with Crippen LogP contribution in [-0.2, 0) is 12.0 Å². The quantitative estimate of drug-likeness (QED) is 0.336. The molecule has 0 atom stereocenters. The van der Waals surface area contributed by atoms with Gasteiger partial charge in [-0.25, -0.2) is 4.39 Å². The van der Waals surface area contributed by atoms with E-state index < -0.39 is 0 Å². The zero-order valence-corrected chi connectivity index (χ0v) is 21.7. The molecule has 1 aromatic heterocycles. The summed E-state index contributed by atoms with van der Waals surface area (Å²) in [7, 11) is 1.73. The number of hydrogen-bond donors (Lipinski definition) is 0. The maximum absolute atomic E-state index is 15.2. The van der Waals surface area contributed by atoms with Crippen molar-refractivity contribution in [3.8, 4) is 5.75 Å². The number of hydrogen-bond acceptors (Lipinski definition) is 3. The van der Waals surface area contributed by atoms with Gasteiger partial charge in [0, 0.05) is 25.5 Å². The van der Waals surface area contributed by atoms with Gasteiger partial charge in [0.05, 0.1) is 17.8 Å². The summed E-state index contributed by atoms with van der Waals surface area (Å²) in [5.74, 6) is 0.628. The molecular weight excluding hydrogens is 459 g/mol. The zero-order valence-electron chi connectivity index (χ0n) is 20.9. The minimum atomic E-state index is -0.327. The van der Waals surface area contributed by atoms with E-state index in [2.05, 4.69) is 41.9 Å². The van der Waals surface area contributed by atoms with Crippen molar-refractivity contribution in [3.05, 3.63) is 88.0 Å². The predicted molar refractivity (Wildman–Crippen MR) is 141 cm³/mol. The number of anilines is 1. The van der Waals surface area contributed by atoms with Gasteiger partial charge in [-0.1, -0.05) is 29.8 Å². The van der Waals surface area contributed by atoms with Crippen LogP contribution in [-0.4, -0.2) is 18.6 Å². The van der Waals surface area contributed by atoms with Crippen molar-refractivity contribution in [2.75, 3.05) is 18.6 Å². The molecule has 6 rings (SSSR count). The van der Waals surface area contributed by atoms with Crippen LogP contribution in [0.1, 0.15) is 60.8 Å². The van der Waals surface area contributed by atoms with Crippen molar-refractivity contribution < 1.29 is 9.13 Å². The number of methoxy groups -OCH3 is 1. The monoisotopic (exact) mass is 492 g/mol. The van der Waals surface area contributed by atoms with E-state index in [-0.39, 0.29) is 21.7 Å². The Balaban J connectivity index is 1.40. The number of pyridine rings is 1. The Hall–Kier alpha value is -2.59. The third kappa shape index (κ3) is 4.53. The maximum atomic E-state index is 15.2. The number of ether oxygens (including phenoxy) is 1. The van der Waals surface area contributed by atoms with Crippen LogP contribution in [0.5, 0.6) is 5.75 Å². The number of nitrogens with zero attached hydrogens (tertiary/aromatic N) is 2. The lowest BCUT2D eigenvalue weighted by Gasteiger charge is -2.55. The van der Waals surface area contributed by atoms with Crippen molar-refractivity contribution in [1.29, 1.82) is 0 Å². The van der Waals surface area contributed by atoms with E-state index >= 15 is 4.39 Å². The molecule has 0 radical (unpaired) electrons. The van der Waals surface area contributed by atoms with Crippen LogP contribution in [0.25, 0.3) is 0 Å². The van der Waals surface area contributed by atoms with Gasteiger partial charge in [-0.3, -0.25) is 4.98 Å². The van der Waals surface area contributed by atoms with E-state index in [1.165, 1.54) is 36.0 Å². The molecule has 0 saturated heterocycles. The van der Waals surface area contributed by atoms with Crippen molar-refractivity contribution in [2.24, 2.45) is 5.41 Å². The number of rotatable bonds is 7. The molecule has 35 heavy (non-hydrogen) atoms. The van der Waals surface area contributed by atoms with Crippen molar-refractivity contribution in [2.45, 2.75) is 64.3 Å². The average Bonchev–Trinajstić information content (AvgIpc) is 2.87. The van der Waals surface area contributed by atoms with E-state index in [1.54, 1.807) is 13.2 Å². The van der Waals surface area contributed by atoms with Gasteiger partial charge in [0.1, 0.15) is 5.75 Å². The van der Waals surface area contributed by atoms with Crippen LogP contribution < -0.4 is 9.64 Å². The van der Waals surface area contributed by atoms with Gasteiger partial charge >= 0.3 is 0 Å². The topological polar surface area (TPSA) is 25.4 Å². The van der Waals surface area contributed by atoms with Gasteiger partial charge in [-0.15, -0.1) is 0 Å². The third-order valence-corrected chi connectivity index (χ3v) is 9.00. The Bertz CT molecular complexity index is 1200. The van der Waals surface area contributed by atoms with Gasteiger partial charge in [-0.2, -0.15) is 0 Å². The molecule has 5 heteroatoms. The van der Waals surface area contributed by atoms with E-state index in [1.807, 2.05) is 30.6 Å². The average molecular weight is 493 g/mol. The van der Waals surface area contributed by atoms with Gasteiger partial charge in [0.2, 0.25) is 0 Å². The summed E-state index contributed by atoms with van der Waals surface area (Å²) in [6, 6.07) is 14.1. The summed E-state index contributed by atoms with van der Waals surface area (Å²) < 4.78 is 20.7. The molecular formula is C30H34ClFN2O. The lowest BCUT2D eigenvalue weighted by Crippen LogP contribution is -2.49. The second-order valence-corrected chi connectivity index (χ2v) is 11.1. The molecule has 0 aliphatic heterocycles. The lowest BCUT2D eigenvalue weighted by atomic mass is 9.51. The fourth-order valence-electron chi connectivity index (χ4n) is 6.39. The van der Waals surface area contributed by atoms with Gasteiger partial charge in [0.25, 0.3) is 0 Å². The fraction of sp³-hybridized carbons (Fsp3) is 0.433. The molecule has 0 N–H and O–H groups in total. The van der Waals surface area contributed by atoms with E-state index in [4.69, 9.17) is 16.3 Å². The highest BCUT2D eigenvalue weighted by Crippen LogP contribution is 2.58. The molecule has 2 bridgehead atoms. The highest BCUT2D eigenvalue weighted by atomic mass is 35.5. The van der Waals surface area contributed by atoms with Crippen LogP contribution >= 0.6 is 11.6 Å². The van der Waals surface area contributed by atoms with E-state index in [0.29, 0.717) is 12.2 Å². The van der Waals surface area contributed by atoms with E-state index in [0.717, 1.165) is 37.1 Å². The number of halogens is 2. The van der Waals surface area contributed by atoms with Gasteiger partial charge in [0.15, 0.2) is 5.82 Å². The SMILES string of the molecule is COc1ccc(C23CCC(CN(Cc4ccncc4C)c4cccc(Cl)c4F)(CC2)CC3)cc1C. The largest absolute Gasteiger partial charge is 0.496 e. The normalized spacial score (nSPS) is 23.3. The highest BCUT2D eigenvalue weighted by molar-refractivity contribution is 6.31. The Labute approximate surface area is 213 Å². The first-order valence-corrected chi connectivity index (χ1v) is 13.0. The lowest BCUT2D eigenvalue weighted by molar-refractivity contribution is 0.0450. The molecule has 3 fully saturated rings. The standard InChI is InChI=1S/C30H34ClFN2O/c1-21-17-24(7-8-27(21)35-3)30-13-10-29(11-14-30,12-15-30)20-34(19-23-9-16-33-18-22(23)2)26-6-4-5-25(31)28(26)32/h4-9,16-18H,10-15,19-20H2,1-3H3. The van der Waals surface area contributed by atoms with Crippen LogP contribution in [0, 0.1) is 25.1 Å². The summed E-state index contributed by atoms with van der Waals surface area (Å²) in [5.41, 5.74) is 6.00. The second kappa shape index (κ2) is 9.46. The maximum Gasteiger partial charge on any atom is 0.165 e. The second-order valence-electron chi connectivity index (χ2n) is 10.7. The molecule has 3 aliphatic rings. The Morgan fingerprint density at radius 3 is 2.40 bits per heavy atom. The Kier molecular flexibility index (Phi) is 6.52. The smallest absolute Gasteiger partial charge is 0.165 e. The molecule has 184 valence electrons. The summed E-state index contributed by atoms with van der Waals surface area (Å²) >= 11 is 6.21. The Morgan fingerprint density at radius 1 is 1.00 bits per heavy atom. The molecule has 0 amide bonds. The molecule has 0 unspecified atom stereocenters.